The Hall–Kier alpha value is -2.93. The zero-order valence-corrected chi connectivity index (χ0v) is 17.4. The lowest BCUT2D eigenvalue weighted by Crippen LogP contribution is -2.51. The topological polar surface area (TPSA) is 91.1 Å². The highest BCUT2D eigenvalue weighted by molar-refractivity contribution is 9.10. The number of rotatable bonds is 4. The van der Waals surface area contributed by atoms with E-state index < -0.39 is 5.41 Å². The molecule has 3 N–H and O–H groups in total. The van der Waals surface area contributed by atoms with E-state index in [0.29, 0.717) is 30.6 Å². The molecule has 0 saturated carbocycles. The Kier molecular flexibility index (Phi) is 5.00. The Labute approximate surface area is 176 Å². The van der Waals surface area contributed by atoms with Gasteiger partial charge in [0.25, 0.3) is 5.91 Å². The van der Waals surface area contributed by atoms with Gasteiger partial charge in [0.05, 0.1) is 9.89 Å². The molecule has 0 spiro atoms. The quantitative estimate of drug-likeness (QED) is 0.515. The number of para-hydroxylation sites is 1. The Morgan fingerprint density at radius 1 is 1.14 bits per heavy atom. The van der Waals surface area contributed by atoms with E-state index in [1.54, 1.807) is 12.1 Å². The summed E-state index contributed by atoms with van der Waals surface area (Å²) in [6, 6.07) is 14.9. The first kappa shape index (κ1) is 19.4. The molecule has 1 aliphatic heterocycles. The van der Waals surface area contributed by atoms with Crippen molar-refractivity contribution >= 4 is 50.2 Å². The summed E-state index contributed by atoms with van der Waals surface area (Å²) in [4.78, 5) is 39.9. The minimum Gasteiger partial charge on any atom is -0.350 e. The summed E-state index contributed by atoms with van der Waals surface area (Å²) >= 11 is 3.49. The lowest BCUT2D eigenvalue weighted by atomic mass is 9.72. The first-order valence-electron chi connectivity index (χ1n) is 9.47. The van der Waals surface area contributed by atoms with Crippen molar-refractivity contribution in [3.05, 3.63) is 64.3 Å². The maximum Gasteiger partial charge on any atom is 0.273 e. The van der Waals surface area contributed by atoms with E-state index in [0.717, 1.165) is 20.9 Å². The maximum atomic E-state index is 12.7. The van der Waals surface area contributed by atoms with E-state index in [2.05, 4.69) is 31.5 Å². The molecule has 1 fully saturated rings. The van der Waals surface area contributed by atoms with E-state index in [4.69, 9.17) is 0 Å². The second kappa shape index (κ2) is 7.48. The third kappa shape index (κ3) is 3.35. The van der Waals surface area contributed by atoms with Gasteiger partial charge in [-0.2, -0.15) is 0 Å². The average molecular weight is 454 g/mol. The van der Waals surface area contributed by atoms with E-state index in [-0.39, 0.29) is 17.7 Å². The highest BCUT2D eigenvalue weighted by atomic mass is 79.9. The van der Waals surface area contributed by atoms with Crippen LogP contribution in [-0.4, -0.2) is 22.7 Å². The number of carbonyl (C=O) groups is 3. The molecule has 2 heterocycles. The Morgan fingerprint density at radius 3 is 2.52 bits per heavy atom. The molecule has 148 valence electrons. The molecule has 3 aromatic rings. The Bertz CT molecular complexity index is 1120. The second-order valence-electron chi connectivity index (χ2n) is 7.20. The van der Waals surface area contributed by atoms with Gasteiger partial charge in [-0.15, -0.1) is 0 Å². The summed E-state index contributed by atoms with van der Waals surface area (Å²) in [7, 11) is 0. The van der Waals surface area contributed by atoms with Crippen molar-refractivity contribution in [1.82, 2.24) is 10.3 Å². The van der Waals surface area contributed by atoms with Crippen molar-refractivity contribution in [2.45, 2.75) is 31.6 Å². The first-order chi connectivity index (χ1) is 13.9. The van der Waals surface area contributed by atoms with Gasteiger partial charge in [-0.3, -0.25) is 19.7 Å². The second-order valence-corrected chi connectivity index (χ2v) is 8.00. The van der Waals surface area contributed by atoms with Crippen LogP contribution in [-0.2, 0) is 15.0 Å². The predicted octanol–water partition coefficient (Wildman–Crippen LogP) is 4.27. The van der Waals surface area contributed by atoms with Crippen molar-refractivity contribution in [2.24, 2.45) is 0 Å². The number of aromatic amines is 1. The third-order valence-corrected chi connectivity index (χ3v) is 6.46. The molecule has 4 rings (SSSR count). The van der Waals surface area contributed by atoms with Crippen LogP contribution < -0.4 is 10.6 Å². The number of piperidine rings is 1. The third-order valence-electron chi connectivity index (χ3n) is 5.64. The largest absolute Gasteiger partial charge is 0.350 e. The van der Waals surface area contributed by atoms with Crippen LogP contribution in [0.2, 0.25) is 0 Å². The zero-order chi connectivity index (χ0) is 20.6. The number of benzene rings is 2. The number of carbonyl (C=O) groups excluding carboxylic acids is 3. The van der Waals surface area contributed by atoms with Crippen LogP contribution in [0.25, 0.3) is 10.9 Å². The smallest absolute Gasteiger partial charge is 0.273 e. The predicted molar refractivity (Wildman–Crippen MR) is 115 cm³/mol. The van der Waals surface area contributed by atoms with Crippen molar-refractivity contribution in [3.63, 3.8) is 0 Å². The summed E-state index contributed by atoms with van der Waals surface area (Å²) in [5, 5.41) is 6.27. The van der Waals surface area contributed by atoms with Crippen molar-refractivity contribution in [3.8, 4) is 0 Å². The normalized spacial score (nSPS) is 19.2. The molecule has 1 saturated heterocycles. The molecule has 29 heavy (non-hydrogen) atoms. The van der Waals surface area contributed by atoms with Gasteiger partial charge in [0, 0.05) is 23.0 Å². The number of imide groups is 1. The summed E-state index contributed by atoms with van der Waals surface area (Å²) in [5.41, 5.74) is 2.09. The number of hydrogen-bond donors (Lipinski definition) is 3. The van der Waals surface area contributed by atoms with Gasteiger partial charge in [-0.25, -0.2) is 0 Å². The molecule has 6 nitrogen and oxygen atoms in total. The van der Waals surface area contributed by atoms with Gasteiger partial charge >= 0.3 is 0 Å². The molecule has 0 bridgehead atoms. The standard InChI is InChI=1S/C22H20BrN3O3/c1-2-22(12-11-17(27)26-21(22)29)13-7-9-14(10-8-13)24-20(28)19-18(23)15-5-3-4-6-16(15)25-19/h3-10,25H,2,11-12H2,1H3,(H,24,28)(H,26,27,29). The molecule has 1 atom stereocenters. The SMILES string of the molecule is CCC1(c2ccc(NC(=O)c3[nH]c4ccccc4c3Br)cc2)CCC(=O)NC1=O. The molecule has 1 aromatic heterocycles. The molecule has 0 radical (unpaired) electrons. The highest BCUT2D eigenvalue weighted by Crippen LogP contribution is 2.36. The van der Waals surface area contributed by atoms with Crippen LogP contribution in [0.1, 0.15) is 42.2 Å². The average Bonchev–Trinajstić information content (AvgIpc) is 3.06. The molecular formula is C22H20BrN3O3. The van der Waals surface area contributed by atoms with E-state index in [9.17, 15) is 14.4 Å². The lowest BCUT2D eigenvalue weighted by Gasteiger charge is -2.35. The van der Waals surface area contributed by atoms with Gasteiger partial charge < -0.3 is 10.3 Å². The van der Waals surface area contributed by atoms with Crippen molar-refractivity contribution in [1.29, 1.82) is 0 Å². The van der Waals surface area contributed by atoms with Gasteiger partial charge in [0.15, 0.2) is 0 Å². The number of aromatic nitrogens is 1. The fourth-order valence-corrected chi connectivity index (χ4v) is 4.52. The summed E-state index contributed by atoms with van der Waals surface area (Å²) < 4.78 is 0.718. The van der Waals surface area contributed by atoms with Gasteiger partial charge in [-0.05, 0) is 52.5 Å². The lowest BCUT2D eigenvalue weighted by molar-refractivity contribution is -0.138. The molecule has 2 aromatic carbocycles. The number of nitrogens with one attached hydrogen (secondary N) is 3. The number of H-pyrrole nitrogens is 1. The summed E-state index contributed by atoms with van der Waals surface area (Å²) in [5.74, 6) is -0.742. The van der Waals surface area contributed by atoms with Crippen LogP contribution in [0.5, 0.6) is 0 Å². The van der Waals surface area contributed by atoms with E-state index in [1.165, 1.54) is 0 Å². The minimum absolute atomic E-state index is 0.230. The van der Waals surface area contributed by atoms with Gasteiger partial charge in [-0.1, -0.05) is 37.3 Å². The number of anilines is 1. The highest BCUT2D eigenvalue weighted by Gasteiger charge is 2.42. The zero-order valence-electron chi connectivity index (χ0n) is 15.8. The number of fused-ring (bicyclic) bond motifs is 1. The fraction of sp³-hybridized carbons (Fsp3) is 0.227. The monoisotopic (exact) mass is 453 g/mol. The molecule has 3 amide bonds. The molecular weight excluding hydrogens is 434 g/mol. The van der Waals surface area contributed by atoms with Crippen LogP contribution in [0.15, 0.2) is 53.0 Å². The fourth-order valence-electron chi connectivity index (χ4n) is 3.90. The summed E-state index contributed by atoms with van der Waals surface area (Å²) in [6.45, 7) is 1.94. The molecule has 1 aliphatic rings. The maximum absolute atomic E-state index is 12.7. The van der Waals surface area contributed by atoms with Crippen LogP contribution in [0.4, 0.5) is 5.69 Å². The van der Waals surface area contributed by atoms with Crippen LogP contribution in [0.3, 0.4) is 0 Å². The Morgan fingerprint density at radius 2 is 1.86 bits per heavy atom. The van der Waals surface area contributed by atoms with Gasteiger partial charge in [0.1, 0.15) is 5.69 Å². The van der Waals surface area contributed by atoms with E-state index >= 15 is 0 Å². The van der Waals surface area contributed by atoms with Crippen LogP contribution in [0, 0.1) is 0 Å². The Balaban J connectivity index is 1.56. The van der Waals surface area contributed by atoms with E-state index in [1.807, 2.05) is 43.3 Å². The molecule has 7 heteroatoms. The minimum atomic E-state index is -0.712. The number of hydrogen-bond acceptors (Lipinski definition) is 3. The van der Waals surface area contributed by atoms with Crippen molar-refractivity contribution in [2.75, 3.05) is 5.32 Å². The molecule has 1 unspecified atom stereocenters. The first-order valence-corrected chi connectivity index (χ1v) is 10.3. The van der Waals surface area contributed by atoms with Crippen LogP contribution >= 0.6 is 15.9 Å². The summed E-state index contributed by atoms with van der Waals surface area (Å²) in [6.07, 6.45) is 1.41. The number of halogens is 1. The van der Waals surface area contributed by atoms with Gasteiger partial charge in [0.2, 0.25) is 11.8 Å². The number of amides is 3. The van der Waals surface area contributed by atoms with Crippen molar-refractivity contribution < 1.29 is 14.4 Å². The molecule has 0 aliphatic carbocycles.